The van der Waals surface area contributed by atoms with Crippen LogP contribution < -0.4 is 10.6 Å². The van der Waals surface area contributed by atoms with Crippen molar-refractivity contribution >= 4 is 11.7 Å². The lowest BCUT2D eigenvalue weighted by atomic mass is 10.0. The Morgan fingerprint density at radius 2 is 2.00 bits per heavy atom. The summed E-state index contributed by atoms with van der Waals surface area (Å²) in [6.07, 6.45) is 0. The van der Waals surface area contributed by atoms with E-state index in [1.54, 1.807) is 12.1 Å². The van der Waals surface area contributed by atoms with Crippen molar-refractivity contribution in [2.45, 2.75) is 26.3 Å². The highest BCUT2D eigenvalue weighted by molar-refractivity contribution is 5.92. The van der Waals surface area contributed by atoms with Crippen LogP contribution in [-0.4, -0.2) is 53.7 Å². The van der Waals surface area contributed by atoms with Gasteiger partial charge in [-0.05, 0) is 47.0 Å². The normalized spacial score (nSPS) is 11.5. The van der Waals surface area contributed by atoms with E-state index in [-0.39, 0.29) is 11.4 Å². The molecule has 106 valence electrons. The lowest BCUT2D eigenvalue weighted by Gasteiger charge is -2.32. The molecule has 6 nitrogen and oxygen atoms in total. The zero-order valence-corrected chi connectivity index (χ0v) is 12.3. The van der Waals surface area contributed by atoms with Gasteiger partial charge in [-0.2, -0.15) is 0 Å². The number of carbonyl (C=O) groups excluding carboxylic acids is 1. The van der Waals surface area contributed by atoms with Crippen molar-refractivity contribution < 1.29 is 4.79 Å². The quantitative estimate of drug-likeness (QED) is 0.802. The van der Waals surface area contributed by atoms with Gasteiger partial charge in [0.15, 0.2) is 5.69 Å². The van der Waals surface area contributed by atoms with E-state index < -0.39 is 0 Å². The van der Waals surface area contributed by atoms with Crippen LogP contribution in [-0.2, 0) is 0 Å². The fourth-order valence-electron chi connectivity index (χ4n) is 1.27. The second-order valence-corrected chi connectivity index (χ2v) is 5.22. The maximum absolute atomic E-state index is 11.9. The Hall–Kier alpha value is -1.69. The standard InChI is InChI=1S/C13H23N5O/c1-6-14-11-8-7-10(16-17-11)12(19)15-9-13(2,3)18(4)5/h7-8H,6,9H2,1-5H3,(H,14,17)(H,15,19). The van der Waals surface area contributed by atoms with Gasteiger partial charge in [-0.3, -0.25) is 4.79 Å². The van der Waals surface area contributed by atoms with Crippen LogP contribution in [0.5, 0.6) is 0 Å². The highest BCUT2D eigenvalue weighted by atomic mass is 16.1. The molecule has 2 N–H and O–H groups in total. The van der Waals surface area contributed by atoms with Crippen LogP contribution in [0.25, 0.3) is 0 Å². The molecule has 1 heterocycles. The number of hydrogen-bond donors (Lipinski definition) is 2. The fourth-order valence-corrected chi connectivity index (χ4v) is 1.27. The van der Waals surface area contributed by atoms with Gasteiger partial charge < -0.3 is 15.5 Å². The van der Waals surface area contributed by atoms with E-state index in [0.717, 1.165) is 6.54 Å². The van der Waals surface area contributed by atoms with Crippen molar-refractivity contribution in [1.29, 1.82) is 0 Å². The lowest BCUT2D eigenvalue weighted by molar-refractivity contribution is 0.0914. The molecule has 0 unspecified atom stereocenters. The van der Waals surface area contributed by atoms with Crippen LogP contribution in [0, 0.1) is 0 Å². The topological polar surface area (TPSA) is 70.2 Å². The van der Waals surface area contributed by atoms with Gasteiger partial charge in [0.1, 0.15) is 5.82 Å². The number of aromatic nitrogens is 2. The highest BCUT2D eigenvalue weighted by Gasteiger charge is 2.21. The van der Waals surface area contributed by atoms with Gasteiger partial charge >= 0.3 is 0 Å². The molecule has 0 saturated heterocycles. The summed E-state index contributed by atoms with van der Waals surface area (Å²) >= 11 is 0. The Morgan fingerprint density at radius 3 is 2.47 bits per heavy atom. The SMILES string of the molecule is CCNc1ccc(C(=O)NCC(C)(C)N(C)C)nn1. The van der Waals surface area contributed by atoms with Gasteiger partial charge in [0, 0.05) is 18.6 Å². The lowest BCUT2D eigenvalue weighted by Crippen LogP contribution is -2.48. The van der Waals surface area contributed by atoms with Crippen molar-refractivity contribution in [2.75, 3.05) is 32.5 Å². The molecule has 1 aromatic rings. The number of amides is 1. The molecule has 0 aromatic carbocycles. The van der Waals surface area contributed by atoms with Crippen LogP contribution in [0.2, 0.25) is 0 Å². The monoisotopic (exact) mass is 265 g/mol. The number of carbonyl (C=O) groups is 1. The van der Waals surface area contributed by atoms with Crippen molar-refractivity contribution in [3.8, 4) is 0 Å². The molecule has 1 amide bonds. The molecular weight excluding hydrogens is 242 g/mol. The zero-order chi connectivity index (χ0) is 14.5. The van der Waals surface area contributed by atoms with Crippen molar-refractivity contribution in [3.05, 3.63) is 17.8 Å². The molecule has 6 heteroatoms. The number of rotatable bonds is 6. The molecule has 0 spiro atoms. The van der Waals surface area contributed by atoms with Gasteiger partial charge in [0.05, 0.1) is 0 Å². The zero-order valence-electron chi connectivity index (χ0n) is 12.3. The van der Waals surface area contributed by atoms with Gasteiger partial charge in [0.25, 0.3) is 5.91 Å². The third-order valence-electron chi connectivity index (χ3n) is 3.15. The molecule has 0 aliphatic heterocycles. The summed E-state index contributed by atoms with van der Waals surface area (Å²) in [5.74, 6) is 0.471. The Labute approximate surface area is 114 Å². The minimum atomic E-state index is -0.203. The minimum absolute atomic E-state index is 0.104. The van der Waals surface area contributed by atoms with E-state index in [9.17, 15) is 4.79 Å². The summed E-state index contributed by atoms with van der Waals surface area (Å²) in [6, 6.07) is 3.42. The number of hydrogen-bond acceptors (Lipinski definition) is 5. The Bertz CT molecular complexity index is 414. The third-order valence-corrected chi connectivity index (χ3v) is 3.15. The summed E-state index contributed by atoms with van der Waals surface area (Å²) in [7, 11) is 3.97. The number of nitrogens with zero attached hydrogens (tertiary/aromatic N) is 3. The molecule has 19 heavy (non-hydrogen) atoms. The Balaban J connectivity index is 2.59. The van der Waals surface area contributed by atoms with Crippen LogP contribution in [0.3, 0.4) is 0 Å². The Kier molecular flexibility index (Phi) is 5.23. The van der Waals surface area contributed by atoms with Crippen molar-refractivity contribution in [1.82, 2.24) is 20.4 Å². The van der Waals surface area contributed by atoms with E-state index in [1.165, 1.54) is 0 Å². The third kappa shape index (κ3) is 4.48. The van der Waals surface area contributed by atoms with Crippen LogP contribution >= 0.6 is 0 Å². The average molecular weight is 265 g/mol. The Morgan fingerprint density at radius 1 is 1.32 bits per heavy atom. The highest BCUT2D eigenvalue weighted by Crippen LogP contribution is 2.08. The van der Waals surface area contributed by atoms with Gasteiger partial charge in [-0.25, -0.2) is 0 Å². The van der Waals surface area contributed by atoms with Crippen LogP contribution in [0.1, 0.15) is 31.3 Å². The molecule has 1 aromatic heterocycles. The fraction of sp³-hybridized carbons (Fsp3) is 0.615. The molecule has 0 bridgehead atoms. The van der Waals surface area contributed by atoms with Crippen LogP contribution in [0.4, 0.5) is 5.82 Å². The summed E-state index contributed by atoms with van der Waals surface area (Å²) in [5, 5.41) is 13.7. The molecule has 0 saturated carbocycles. The summed E-state index contributed by atoms with van der Waals surface area (Å²) < 4.78 is 0. The molecule has 0 aliphatic carbocycles. The smallest absolute Gasteiger partial charge is 0.271 e. The summed E-state index contributed by atoms with van der Waals surface area (Å²) in [5.41, 5.74) is 0.225. The summed E-state index contributed by atoms with van der Waals surface area (Å²) in [4.78, 5) is 14.0. The first-order valence-electron chi connectivity index (χ1n) is 6.40. The maximum atomic E-state index is 11.9. The first kappa shape index (κ1) is 15.4. The molecule has 0 aliphatic rings. The predicted molar refractivity (Wildman–Crippen MR) is 76.3 cm³/mol. The molecule has 0 fully saturated rings. The van der Waals surface area contributed by atoms with Crippen molar-refractivity contribution in [3.63, 3.8) is 0 Å². The minimum Gasteiger partial charge on any atom is -0.369 e. The van der Waals surface area contributed by atoms with E-state index in [2.05, 4.69) is 39.6 Å². The number of likely N-dealkylation sites (N-methyl/N-ethyl adjacent to an activating group) is 1. The predicted octanol–water partition coefficient (Wildman–Crippen LogP) is 0.978. The van der Waals surface area contributed by atoms with E-state index in [0.29, 0.717) is 18.1 Å². The largest absolute Gasteiger partial charge is 0.369 e. The summed E-state index contributed by atoms with van der Waals surface area (Å²) in [6.45, 7) is 7.43. The second-order valence-electron chi connectivity index (χ2n) is 5.22. The van der Waals surface area contributed by atoms with Gasteiger partial charge in [-0.1, -0.05) is 0 Å². The molecular formula is C13H23N5O. The molecule has 0 radical (unpaired) electrons. The average Bonchev–Trinajstić information content (AvgIpc) is 2.37. The first-order chi connectivity index (χ1) is 8.86. The van der Waals surface area contributed by atoms with Crippen LogP contribution in [0.15, 0.2) is 12.1 Å². The van der Waals surface area contributed by atoms with Gasteiger partial charge in [0.2, 0.25) is 0 Å². The van der Waals surface area contributed by atoms with E-state index in [1.807, 2.05) is 21.0 Å². The number of anilines is 1. The first-order valence-corrected chi connectivity index (χ1v) is 6.40. The molecule has 1 rings (SSSR count). The van der Waals surface area contributed by atoms with E-state index >= 15 is 0 Å². The number of nitrogens with one attached hydrogen (secondary N) is 2. The second kappa shape index (κ2) is 6.47. The molecule has 0 atom stereocenters. The van der Waals surface area contributed by atoms with Gasteiger partial charge in [-0.15, -0.1) is 10.2 Å². The van der Waals surface area contributed by atoms with Crippen molar-refractivity contribution in [2.24, 2.45) is 0 Å². The van der Waals surface area contributed by atoms with E-state index in [4.69, 9.17) is 0 Å². The maximum Gasteiger partial charge on any atom is 0.271 e.